The van der Waals surface area contributed by atoms with E-state index in [2.05, 4.69) is 0 Å². The number of carbonyl (C=O) groups excluding carboxylic acids is 1. The lowest BCUT2D eigenvalue weighted by molar-refractivity contribution is -0.117. The number of fused-ring (bicyclic) bond motifs is 1. The Morgan fingerprint density at radius 2 is 2.00 bits per heavy atom. The van der Waals surface area contributed by atoms with Crippen LogP contribution in [0.2, 0.25) is 1.41 Å². The molecule has 0 aliphatic heterocycles. The summed E-state index contributed by atoms with van der Waals surface area (Å²) in [6.45, 7) is 0.907. The molecule has 1 heterocycles. The van der Waals surface area contributed by atoms with Gasteiger partial charge >= 0.3 is 5.63 Å². The van der Waals surface area contributed by atoms with Gasteiger partial charge in [-0.1, -0.05) is 0 Å². The monoisotopic (exact) mass is 338 g/mol. The fourth-order valence-electron chi connectivity index (χ4n) is 2.29. The summed E-state index contributed by atoms with van der Waals surface area (Å²) in [5, 5.41) is 39.3. The molecule has 8 nitrogen and oxygen atoms in total. The molecule has 5 N–H and O–H groups in total. The number of aliphatic hydroxyl groups is 4. The van der Waals surface area contributed by atoms with Gasteiger partial charge in [-0.15, -0.1) is 0 Å². The third kappa shape index (κ3) is 3.80. The Kier molecular flexibility index (Phi) is 5.21. The van der Waals surface area contributed by atoms with Crippen LogP contribution < -0.4 is 10.9 Å². The van der Waals surface area contributed by atoms with Crippen molar-refractivity contribution >= 4 is 22.9 Å². The topological polar surface area (TPSA) is 140 Å². The summed E-state index contributed by atoms with van der Waals surface area (Å²) in [6.07, 6.45) is -5.07. The molecule has 8 heteroatoms. The first-order valence-electron chi connectivity index (χ1n) is 7.67. The summed E-state index contributed by atoms with van der Waals surface area (Å²) in [5.74, 6) is 0. The summed E-state index contributed by atoms with van der Waals surface area (Å²) in [4.78, 5) is 22.8. The van der Waals surface area contributed by atoms with Gasteiger partial charge < -0.3 is 34.9 Å². The lowest BCUT2D eigenvalue weighted by Gasteiger charge is -2.26. The molecule has 4 atom stereocenters. The van der Waals surface area contributed by atoms with Crippen molar-refractivity contribution in [2.75, 3.05) is 11.9 Å². The SMILES string of the molecule is [2H]N(c1ccc2c(C)cc(=O)oc2c1)[C@@H](C=O)[C@@H](O)[C@H](O)[C@H](O)CO. The second-order valence-electron chi connectivity index (χ2n) is 5.42. The number of aryl methyl sites for hydroxylation is 1. The predicted molar refractivity (Wildman–Crippen MR) is 85.8 cm³/mol. The fourth-order valence-corrected chi connectivity index (χ4v) is 2.29. The highest BCUT2D eigenvalue weighted by atomic mass is 16.4. The average molecular weight is 338 g/mol. The third-order valence-corrected chi connectivity index (χ3v) is 3.65. The van der Waals surface area contributed by atoms with Crippen LogP contribution in [0.15, 0.2) is 33.5 Å². The highest BCUT2D eigenvalue weighted by Crippen LogP contribution is 2.21. The summed E-state index contributed by atoms with van der Waals surface area (Å²) in [5.41, 5.74) is 0.452. The van der Waals surface area contributed by atoms with Crippen LogP contribution in [0.25, 0.3) is 11.0 Å². The van der Waals surface area contributed by atoms with Gasteiger partial charge in [0.15, 0.2) is 1.41 Å². The largest absolute Gasteiger partial charge is 0.423 e. The summed E-state index contributed by atoms with van der Waals surface area (Å²) in [7, 11) is 0. The smallest absolute Gasteiger partial charge is 0.336 e. The van der Waals surface area contributed by atoms with E-state index in [1.165, 1.54) is 18.2 Å². The van der Waals surface area contributed by atoms with Crippen LogP contribution in [0, 0.1) is 6.92 Å². The second-order valence-corrected chi connectivity index (χ2v) is 5.42. The minimum atomic E-state index is -1.83. The molecule has 0 aliphatic rings. The van der Waals surface area contributed by atoms with E-state index in [1.54, 1.807) is 13.0 Å². The molecule has 0 bridgehead atoms. The van der Waals surface area contributed by atoms with Gasteiger partial charge in [0, 0.05) is 23.2 Å². The van der Waals surface area contributed by atoms with Crippen molar-refractivity contribution in [2.45, 2.75) is 31.3 Å². The number of benzene rings is 1. The van der Waals surface area contributed by atoms with Crippen LogP contribution in [-0.2, 0) is 4.79 Å². The van der Waals surface area contributed by atoms with Gasteiger partial charge in [-0.3, -0.25) is 0 Å². The van der Waals surface area contributed by atoms with Crippen LogP contribution >= 0.6 is 0 Å². The maximum Gasteiger partial charge on any atom is 0.336 e. The van der Waals surface area contributed by atoms with Crippen molar-refractivity contribution in [1.29, 1.82) is 0 Å². The average Bonchev–Trinajstić information content (AvgIpc) is 2.59. The zero-order valence-corrected chi connectivity index (χ0v) is 12.9. The van der Waals surface area contributed by atoms with E-state index in [9.17, 15) is 24.9 Å². The quantitative estimate of drug-likeness (QED) is 0.325. The number of nitrogens with one attached hydrogen (secondary N) is 1. The van der Waals surface area contributed by atoms with Crippen molar-refractivity contribution in [3.8, 4) is 0 Å². The van der Waals surface area contributed by atoms with Gasteiger partial charge in [-0.25, -0.2) is 4.79 Å². The normalized spacial score (nSPS) is 17.0. The number of hydrogen-bond acceptors (Lipinski definition) is 8. The van der Waals surface area contributed by atoms with E-state index in [4.69, 9.17) is 10.9 Å². The highest BCUT2D eigenvalue weighted by Gasteiger charge is 2.31. The molecule has 1 aromatic carbocycles. The molecule has 0 radical (unpaired) electrons. The molecule has 0 aliphatic carbocycles. The van der Waals surface area contributed by atoms with E-state index < -0.39 is 36.6 Å². The second kappa shape index (κ2) is 7.54. The van der Waals surface area contributed by atoms with Gasteiger partial charge in [0.1, 0.15) is 36.2 Å². The number of rotatable bonds is 7. The van der Waals surface area contributed by atoms with Crippen molar-refractivity contribution in [3.05, 3.63) is 40.2 Å². The molecule has 130 valence electrons. The summed E-state index contributed by atoms with van der Waals surface area (Å²) in [6, 6.07) is 4.24. The number of aldehydes is 1. The molecule has 0 fully saturated rings. The minimum Gasteiger partial charge on any atom is -0.423 e. The third-order valence-electron chi connectivity index (χ3n) is 3.65. The molecule has 0 amide bonds. The van der Waals surface area contributed by atoms with Crippen LogP contribution in [0.5, 0.6) is 0 Å². The summed E-state index contributed by atoms with van der Waals surface area (Å²) < 4.78 is 13.1. The maximum absolute atomic E-state index is 11.5. The minimum absolute atomic E-state index is 0.128. The van der Waals surface area contributed by atoms with Crippen LogP contribution in [0.1, 0.15) is 5.56 Å². The Bertz CT molecular complexity index is 809. The molecule has 2 aromatic rings. The molecule has 0 saturated heterocycles. The van der Waals surface area contributed by atoms with Gasteiger partial charge in [-0.05, 0) is 24.6 Å². The first kappa shape index (κ1) is 16.6. The van der Waals surface area contributed by atoms with Gasteiger partial charge in [0.05, 0.1) is 6.61 Å². The van der Waals surface area contributed by atoms with Crippen molar-refractivity contribution < 1.29 is 31.0 Å². The molecule has 0 unspecified atom stereocenters. The van der Waals surface area contributed by atoms with Gasteiger partial charge in [0.2, 0.25) is 0 Å². The standard InChI is InChI=1S/C16H19NO7/c1-8-4-14(21)24-13-5-9(2-3-10(8)13)17-11(6-18)15(22)16(23)12(20)7-19/h2-6,11-12,15-17,19-20,22-23H,7H2,1H3/t11-,12+,15+,16+/m0/s1/i/hD. The molecule has 24 heavy (non-hydrogen) atoms. The van der Waals surface area contributed by atoms with Crippen LogP contribution in [-0.4, -0.2) is 57.7 Å². The molecule has 2 rings (SSSR count). The zero-order valence-electron chi connectivity index (χ0n) is 13.9. The van der Waals surface area contributed by atoms with E-state index in [-0.39, 0.29) is 17.6 Å². The number of carbonyl (C=O) groups is 1. The van der Waals surface area contributed by atoms with Crippen molar-refractivity contribution in [2.24, 2.45) is 0 Å². The van der Waals surface area contributed by atoms with Crippen molar-refractivity contribution in [3.63, 3.8) is 0 Å². The number of aliphatic hydroxyl groups excluding tert-OH is 4. The number of anilines is 1. The maximum atomic E-state index is 11.5. The molecular weight excluding hydrogens is 318 g/mol. The van der Waals surface area contributed by atoms with Crippen molar-refractivity contribution in [1.82, 2.24) is 0 Å². The molecular formula is C16H19NO7. The van der Waals surface area contributed by atoms with Crippen LogP contribution in [0.3, 0.4) is 0 Å². The molecule has 0 spiro atoms. The Hall–Kier alpha value is -2.26. The summed E-state index contributed by atoms with van der Waals surface area (Å²) >= 11 is 0. The van der Waals surface area contributed by atoms with Gasteiger partial charge in [-0.2, -0.15) is 0 Å². The molecule has 0 saturated carbocycles. The number of hydrogen-bond donors (Lipinski definition) is 5. The Labute approximate surface area is 138 Å². The van der Waals surface area contributed by atoms with E-state index >= 15 is 0 Å². The zero-order chi connectivity index (χ0) is 18.7. The Balaban J connectivity index is 2.37. The Morgan fingerprint density at radius 3 is 2.62 bits per heavy atom. The Morgan fingerprint density at radius 1 is 1.29 bits per heavy atom. The first-order valence-corrected chi connectivity index (χ1v) is 7.23. The van der Waals surface area contributed by atoms with Crippen LogP contribution in [0.4, 0.5) is 5.69 Å². The van der Waals surface area contributed by atoms with Gasteiger partial charge in [0.25, 0.3) is 0 Å². The van der Waals surface area contributed by atoms with E-state index in [1.807, 2.05) is 0 Å². The first-order chi connectivity index (χ1) is 11.8. The molecule has 1 aromatic heterocycles. The lowest BCUT2D eigenvalue weighted by Crippen LogP contribution is -2.49. The fraction of sp³-hybridized carbons (Fsp3) is 0.375. The highest BCUT2D eigenvalue weighted by molar-refractivity contribution is 5.83. The van der Waals surface area contributed by atoms with E-state index in [0.29, 0.717) is 16.3 Å². The van der Waals surface area contributed by atoms with E-state index in [0.717, 1.165) is 0 Å². The predicted octanol–water partition coefficient (Wildman–Crippen LogP) is -0.844. The lowest BCUT2D eigenvalue weighted by atomic mass is 10.0.